The summed E-state index contributed by atoms with van der Waals surface area (Å²) in [7, 11) is 0. The molecule has 2 aromatic heterocycles. The lowest BCUT2D eigenvalue weighted by molar-refractivity contribution is 0.103. The van der Waals surface area contributed by atoms with Gasteiger partial charge in [-0.25, -0.2) is 9.97 Å². The van der Waals surface area contributed by atoms with Gasteiger partial charge in [-0.1, -0.05) is 0 Å². The number of hydrogen-bond donors (Lipinski definition) is 1. The third-order valence-electron chi connectivity index (χ3n) is 5.20. The van der Waals surface area contributed by atoms with Gasteiger partial charge < -0.3 is 19.7 Å². The van der Waals surface area contributed by atoms with Gasteiger partial charge in [-0.15, -0.1) is 11.3 Å². The van der Waals surface area contributed by atoms with Gasteiger partial charge in [-0.3, -0.25) is 4.79 Å². The summed E-state index contributed by atoms with van der Waals surface area (Å²) in [5, 5.41) is 3.95. The van der Waals surface area contributed by atoms with Crippen LogP contribution in [0.15, 0.2) is 24.5 Å². The van der Waals surface area contributed by atoms with Crippen molar-refractivity contribution in [3.8, 4) is 11.5 Å². The van der Waals surface area contributed by atoms with Gasteiger partial charge in [-0.2, -0.15) is 0 Å². The number of aryl methyl sites for hydroxylation is 1. The van der Waals surface area contributed by atoms with Crippen LogP contribution in [0.2, 0.25) is 0 Å². The summed E-state index contributed by atoms with van der Waals surface area (Å²) in [6.07, 6.45) is 5.20. The molecule has 4 heterocycles. The average molecular weight is 396 g/mol. The molecule has 28 heavy (non-hydrogen) atoms. The molecule has 2 aliphatic heterocycles. The molecule has 1 saturated heterocycles. The highest BCUT2D eigenvalue weighted by Crippen LogP contribution is 2.37. The van der Waals surface area contributed by atoms with Crippen LogP contribution in [0, 0.1) is 6.92 Å². The summed E-state index contributed by atoms with van der Waals surface area (Å²) >= 11 is 1.41. The highest BCUT2D eigenvalue weighted by molar-refractivity contribution is 7.20. The van der Waals surface area contributed by atoms with Gasteiger partial charge in [0.05, 0.1) is 10.3 Å². The molecule has 144 valence electrons. The maximum Gasteiger partial charge on any atom is 0.266 e. The van der Waals surface area contributed by atoms with Crippen LogP contribution in [0.1, 0.15) is 34.5 Å². The van der Waals surface area contributed by atoms with E-state index in [4.69, 9.17) is 9.47 Å². The van der Waals surface area contributed by atoms with E-state index in [-0.39, 0.29) is 12.7 Å². The minimum absolute atomic E-state index is 0.149. The van der Waals surface area contributed by atoms with E-state index in [1.165, 1.54) is 30.6 Å². The number of nitrogens with one attached hydrogen (secondary N) is 1. The lowest BCUT2D eigenvalue weighted by Gasteiger charge is -2.28. The van der Waals surface area contributed by atoms with Crippen LogP contribution in [0.3, 0.4) is 0 Å². The van der Waals surface area contributed by atoms with Crippen LogP contribution in [0.25, 0.3) is 10.2 Å². The highest BCUT2D eigenvalue weighted by atomic mass is 32.1. The Kier molecular flexibility index (Phi) is 4.27. The fourth-order valence-electron chi connectivity index (χ4n) is 3.78. The summed E-state index contributed by atoms with van der Waals surface area (Å²) in [4.78, 5) is 25.7. The van der Waals surface area contributed by atoms with E-state index in [0.29, 0.717) is 22.1 Å². The Morgan fingerprint density at radius 1 is 1.14 bits per heavy atom. The maximum atomic E-state index is 13.0. The predicted molar refractivity (Wildman–Crippen MR) is 109 cm³/mol. The zero-order valence-corrected chi connectivity index (χ0v) is 16.3. The Morgan fingerprint density at radius 2 is 1.96 bits per heavy atom. The molecule has 0 spiro atoms. The second-order valence-corrected chi connectivity index (χ2v) is 8.00. The molecule has 5 rings (SSSR count). The molecule has 0 atom stereocenters. The average Bonchev–Trinajstić information content (AvgIpc) is 3.32. The van der Waals surface area contributed by atoms with E-state index >= 15 is 0 Å². The van der Waals surface area contributed by atoms with Gasteiger partial charge in [-0.05, 0) is 43.9 Å². The number of carbonyl (C=O) groups excluding carboxylic acids is 1. The number of fused-ring (bicyclic) bond motifs is 2. The number of benzene rings is 1. The highest BCUT2D eigenvalue weighted by Gasteiger charge is 2.23. The number of carbonyl (C=O) groups is 1. The molecule has 1 amide bonds. The molecule has 7 nitrogen and oxygen atoms in total. The van der Waals surface area contributed by atoms with Crippen molar-refractivity contribution < 1.29 is 14.3 Å². The molecular formula is C20H20N4O3S. The van der Waals surface area contributed by atoms with Crippen LogP contribution in [0.4, 0.5) is 11.5 Å². The van der Waals surface area contributed by atoms with Gasteiger partial charge in [0, 0.05) is 24.8 Å². The molecule has 0 bridgehead atoms. The third kappa shape index (κ3) is 2.93. The van der Waals surface area contributed by atoms with Gasteiger partial charge in [0.15, 0.2) is 11.5 Å². The van der Waals surface area contributed by atoms with E-state index in [9.17, 15) is 4.79 Å². The summed E-state index contributed by atoms with van der Waals surface area (Å²) in [5.41, 5.74) is 1.60. The van der Waals surface area contributed by atoms with Crippen LogP contribution >= 0.6 is 11.3 Å². The quantitative estimate of drug-likeness (QED) is 0.722. The smallest absolute Gasteiger partial charge is 0.266 e. The van der Waals surface area contributed by atoms with Crippen LogP contribution in [-0.2, 0) is 0 Å². The minimum Gasteiger partial charge on any atom is -0.454 e. The standard InChI is InChI=1S/C20H20N4O3S/c1-12-16-18(24-7-3-2-4-8-24)21-10-22-20(16)28-17(12)19(25)23-13-5-6-14-15(9-13)27-11-26-14/h5-6,9-10H,2-4,7-8,11H2,1H3,(H,23,25). The van der Waals surface area contributed by atoms with E-state index in [0.717, 1.165) is 34.7 Å². The summed E-state index contributed by atoms with van der Waals surface area (Å²) in [6.45, 7) is 4.19. The lowest BCUT2D eigenvalue weighted by atomic mass is 10.1. The van der Waals surface area contributed by atoms with Crippen LogP contribution in [0.5, 0.6) is 11.5 Å². The first kappa shape index (κ1) is 17.2. The normalized spacial score (nSPS) is 15.8. The van der Waals surface area contributed by atoms with E-state index < -0.39 is 0 Å². The Bertz CT molecular complexity index is 1060. The molecule has 2 aliphatic rings. The van der Waals surface area contributed by atoms with Crippen molar-refractivity contribution in [3.05, 3.63) is 35.0 Å². The van der Waals surface area contributed by atoms with Crippen molar-refractivity contribution in [2.24, 2.45) is 0 Å². The first-order valence-corrected chi connectivity index (χ1v) is 10.2. The van der Waals surface area contributed by atoms with E-state index in [2.05, 4.69) is 20.2 Å². The topological polar surface area (TPSA) is 76.6 Å². The monoisotopic (exact) mass is 396 g/mol. The number of hydrogen-bond acceptors (Lipinski definition) is 7. The zero-order valence-electron chi connectivity index (χ0n) is 15.5. The Morgan fingerprint density at radius 3 is 2.82 bits per heavy atom. The summed E-state index contributed by atoms with van der Waals surface area (Å²) < 4.78 is 10.7. The molecular weight excluding hydrogens is 376 g/mol. The largest absolute Gasteiger partial charge is 0.454 e. The van der Waals surface area contributed by atoms with Crippen molar-refractivity contribution >= 4 is 39.0 Å². The molecule has 0 aliphatic carbocycles. The second-order valence-electron chi connectivity index (χ2n) is 7.00. The SMILES string of the molecule is Cc1c(C(=O)Nc2ccc3c(c2)OCO3)sc2ncnc(N3CCCCC3)c12. The maximum absolute atomic E-state index is 13.0. The van der Waals surface area contributed by atoms with Crippen LogP contribution < -0.4 is 19.7 Å². The van der Waals surface area contributed by atoms with Crippen molar-refractivity contribution in [3.63, 3.8) is 0 Å². The predicted octanol–water partition coefficient (Wildman–Crippen LogP) is 3.97. The molecule has 1 N–H and O–H groups in total. The molecule has 0 radical (unpaired) electrons. The number of anilines is 2. The Hall–Kier alpha value is -2.87. The number of piperidine rings is 1. The second kappa shape index (κ2) is 6.94. The Balaban J connectivity index is 1.47. The summed E-state index contributed by atoms with van der Waals surface area (Å²) in [5.74, 6) is 2.13. The van der Waals surface area contributed by atoms with Crippen LogP contribution in [-0.4, -0.2) is 35.8 Å². The fraction of sp³-hybridized carbons (Fsp3) is 0.350. The summed E-state index contributed by atoms with van der Waals surface area (Å²) in [6, 6.07) is 5.39. The first-order chi connectivity index (χ1) is 13.7. The molecule has 1 fully saturated rings. The first-order valence-electron chi connectivity index (χ1n) is 9.41. The number of amides is 1. The molecule has 0 saturated carbocycles. The van der Waals surface area contributed by atoms with E-state index in [1.807, 2.05) is 13.0 Å². The van der Waals surface area contributed by atoms with E-state index in [1.54, 1.807) is 18.5 Å². The van der Waals surface area contributed by atoms with Crippen molar-refractivity contribution in [1.82, 2.24) is 9.97 Å². The van der Waals surface area contributed by atoms with Gasteiger partial charge in [0.2, 0.25) is 6.79 Å². The number of nitrogens with zero attached hydrogens (tertiary/aromatic N) is 3. The third-order valence-corrected chi connectivity index (χ3v) is 6.40. The van der Waals surface area contributed by atoms with Gasteiger partial charge >= 0.3 is 0 Å². The lowest BCUT2D eigenvalue weighted by Crippen LogP contribution is -2.30. The van der Waals surface area contributed by atoms with Crippen molar-refractivity contribution in [1.29, 1.82) is 0 Å². The Labute approximate surface area is 166 Å². The molecule has 8 heteroatoms. The number of thiophene rings is 1. The molecule has 0 unspecified atom stereocenters. The number of ether oxygens (including phenoxy) is 2. The zero-order chi connectivity index (χ0) is 19.1. The minimum atomic E-state index is -0.149. The number of aromatic nitrogens is 2. The number of rotatable bonds is 3. The molecule has 3 aromatic rings. The van der Waals surface area contributed by atoms with Crippen molar-refractivity contribution in [2.75, 3.05) is 30.1 Å². The van der Waals surface area contributed by atoms with Gasteiger partial charge in [0.1, 0.15) is 17.0 Å². The van der Waals surface area contributed by atoms with Crippen molar-refractivity contribution in [2.45, 2.75) is 26.2 Å². The van der Waals surface area contributed by atoms with Gasteiger partial charge in [0.25, 0.3) is 5.91 Å². The molecule has 1 aromatic carbocycles. The fourth-order valence-corrected chi connectivity index (χ4v) is 4.82.